The molecule has 0 aliphatic heterocycles. The van der Waals surface area contributed by atoms with E-state index >= 15 is 0 Å². The molecule has 0 aliphatic carbocycles. The van der Waals surface area contributed by atoms with E-state index in [1.807, 2.05) is 0 Å². The second-order valence-electron chi connectivity index (χ2n) is 5.19. The third-order valence-corrected chi connectivity index (χ3v) is 3.58. The van der Waals surface area contributed by atoms with Gasteiger partial charge in [0.05, 0.1) is 18.0 Å². The molecule has 1 amide bonds. The molecule has 6 heteroatoms. The lowest BCUT2D eigenvalue weighted by Gasteiger charge is -2.24. The summed E-state index contributed by atoms with van der Waals surface area (Å²) < 4.78 is 27.5. The number of nitrogens with zero attached hydrogens (tertiary/aromatic N) is 1. The molecule has 23 heavy (non-hydrogen) atoms. The monoisotopic (exact) mass is 320 g/mol. The molecule has 0 fully saturated rings. The van der Waals surface area contributed by atoms with E-state index in [1.165, 1.54) is 6.07 Å². The van der Waals surface area contributed by atoms with Gasteiger partial charge in [-0.25, -0.2) is 8.78 Å². The second kappa shape index (κ2) is 7.78. The molecule has 0 spiro atoms. The van der Waals surface area contributed by atoms with Crippen LogP contribution in [0, 0.1) is 11.6 Å². The summed E-state index contributed by atoms with van der Waals surface area (Å²) in [5.41, 5.74) is 0.336. The van der Waals surface area contributed by atoms with Gasteiger partial charge in [-0.05, 0) is 36.2 Å². The van der Waals surface area contributed by atoms with Crippen LogP contribution in [0.25, 0.3) is 0 Å². The summed E-state index contributed by atoms with van der Waals surface area (Å²) in [7, 11) is 0. The number of carbonyl (C=O) groups is 1. The van der Waals surface area contributed by atoms with Crippen LogP contribution in [-0.2, 0) is 11.2 Å². The highest BCUT2D eigenvalue weighted by molar-refractivity contribution is 5.78. The number of aliphatic hydroxyl groups excluding tert-OH is 1. The molecule has 4 nitrogen and oxygen atoms in total. The van der Waals surface area contributed by atoms with E-state index in [0.29, 0.717) is 6.42 Å². The number of aliphatic hydroxyl groups is 1. The summed E-state index contributed by atoms with van der Waals surface area (Å²) in [5.74, 6) is -2.00. The predicted molar refractivity (Wildman–Crippen MR) is 81.5 cm³/mol. The molecule has 1 aromatic heterocycles. The Morgan fingerprint density at radius 1 is 1.22 bits per heavy atom. The smallest absolute Gasteiger partial charge is 0.224 e. The minimum absolute atomic E-state index is 0.103. The Morgan fingerprint density at radius 3 is 2.39 bits per heavy atom. The zero-order chi connectivity index (χ0) is 16.8. The van der Waals surface area contributed by atoms with Gasteiger partial charge < -0.3 is 10.4 Å². The van der Waals surface area contributed by atoms with Crippen molar-refractivity contribution in [2.45, 2.75) is 31.9 Å². The van der Waals surface area contributed by atoms with E-state index < -0.39 is 29.3 Å². The Bertz CT molecular complexity index is 645. The van der Waals surface area contributed by atoms with Crippen molar-refractivity contribution >= 4 is 5.91 Å². The molecule has 0 radical (unpaired) electrons. The number of aromatic nitrogens is 1. The van der Waals surface area contributed by atoms with Crippen molar-refractivity contribution in [3.63, 3.8) is 0 Å². The molecule has 2 atom stereocenters. The molecule has 0 bridgehead atoms. The lowest BCUT2D eigenvalue weighted by Crippen LogP contribution is -2.40. The fourth-order valence-electron chi connectivity index (χ4n) is 2.34. The lowest BCUT2D eigenvalue weighted by molar-refractivity contribution is -0.122. The van der Waals surface area contributed by atoms with Gasteiger partial charge in [0.15, 0.2) is 0 Å². The maximum Gasteiger partial charge on any atom is 0.224 e. The van der Waals surface area contributed by atoms with E-state index in [1.54, 1.807) is 31.5 Å². The fourth-order valence-corrected chi connectivity index (χ4v) is 2.34. The van der Waals surface area contributed by atoms with Crippen LogP contribution in [0.15, 0.2) is 42.7 Å². The number of carbonyl (C=O) groups excluding carboxylic acids is 1. The Balaban J connectivity index is 2.08. The average molecular weight is 320 g/mol. The predicted octanol–water partition coefficient (Wildman–Crippen LogP) is 2.53. The van der Waals surface area contributed by atoms with Crippen molar-refractivity contribution in [3.8, 4) is 0 Å². The van der Waals surface area contributed by atoms with Gasteiger partial charge in [-0.2, -0.15) is 0 Å². The lowest BCUT2D eigenvalue weighted by atomic mass is 9.98. The molecular formula is C17H18F2N2O2. The quantitative estimate of drug-likeness (QED) is 0.860. The highest BCUT2D eigenvalue weighted by atomic mass is 19.1. The van der Waals surface area contributed by atoms with E-state index in [9.17, 15) is 18.7 Å². The number of rotatable bonds is 6. The zero-order valence-corrected chi connectivity index (χ0v) is 12.7. The van der Waals surface area contributed by atoms with Crippen molar-refractivity contribution in [1.29, 1.82) is 0 Å². The van der Waals surface area contributed by atoms with Crippen LogP contribution in [0.4, 0.5) is 8.78 Å². The molecule has 2 N–H and O–H groups in total. The third kappa shape index (κ3) is 4.32. The summed E-state index contributed by atoms with van der Waals surface area (Å²) in [6, 6.07) is 6.00. The van der Waals surface area contributed by atoms with E-state index in [2.05, 4.69) is 10.3 Å². The highest BCUT2D eigenvalue weighted by Gasteiger charge is 2.26. The molecule has 2 aromatic rings. The summed E-state index contributed by atoms with van der Waals surface area (Å²) in [4.78, 5) is 15.9. The van der Waals surface area contributed by atoms with Gasteiger partial charge in [0.2, 0.25) is 5.91 Å². The minimum atomic E-state index is -1.46. The van der Waals surface area contributed by atoms with Crippen LogP contribution in [-0.4, -0.2) is 22.0 Å². The Morgan fingerprint density at radius 2 is 1.83 bits per heavy atom. The molecule has 0 aliphatic rings. The Kier molecular flexibility index (Phi) is 5.76. The van der Waals surface area contributed by atoms with Crippen LogP contribution in [0.5, 0.6) is 0 Å². The first-order valence-corrected chi connectivity index (χ1v) is 7.33. The molecule has 0 saturated carbocycles. The van der Waals surface area contributed by atoms with Gasteiger partial charge in [-0.15, -0.1) is 0 Å². The Labute approximate surface area is 133 Å². The first kappa shape index (κ1) is 17.0. The number of nitrogens with one attached hydrogen (secondary N) is 1. The van der Waals surface area contributed by atoms with E-state index in [0.717, 1.165) is 17.7 Å². The van der Waals surface area contributed by atoms with Crippen molar-refractivity contribution < 1.29 is 18.7 Å². The SMILES string of the molecule is CCC(NC(=O)Cc1ccncc1)C(O)c1c(F)cccc1F. The summed E-state index contributed by atoms with van der Waals surface area (Å²) >= 11 is 0. The zero-order valence-electron chi connectivity index (χ0n) is 12.7. The summed E-state index contributed by atoms with van der Waals surface area (Å²) in [6.07, 6.45) is 2.12. The van der Waals surface area contributed by atoms with Crippen LogP contribution in [0.2, 0.25) is 0 Å². The number of benzene rings is 1. The number of pyridine rings is 1. The Hall–Kier alpha value is -2.34. The van der Waals surface area contributed by atoms with Crippen molar-refractivity contribution in [1.82, 2.24) is 10.3 Å². The molecule has 1 heterocycles. The second-order valence-corrected chi connectivity index (χ2v) is 5.19. The van der Waals surface area contributed by atoms with Gasteiger partial charge in [0.1, 0.15) is 17.7 Å². The fraction of sp³-hybridized carbons (Fsp3) is 0.294. The first-order valence-electron chi connectivity index (χ1n) is 7.33. The summed E-state index contributed by atoms with van der Waals surface area (Å²) in [5, 5.41) is 12.9. The highest BCUT2D eigenvalue weighted by Crippen LogP contribution is 2.24. The molecular weight excluding hydrogens is 302 g/mol. The number of amides is 1. The van der Waals surface area contributed by atoms with Gasteiger partial charge in [-0.3, -0.25) is 9.78 Å². The topological polar surface area (TPSA) is 62.2 Å². The van der Waals surface area contributed by atoms with Crippen LogP contribution in [0.3, 0.4) is 0 Å². The van der Waals surface area contributed by atoms with Gasteiger partial charge >= 0.3 is 0 Å². The number of hydrogen-bond donors (Lipinski definition) is 2. The van der Waals surface area contributed by atoms with Crippen molar-refractivity contribution in [3.05, 3.63) is 65.5 Å². The minimum Gasteiger partial charge on any atom is -0.386 e. The van der Waals surface area contributed by atoms with Gasteiger partial charge in [0.25, 0.3) is 0 Å². The largest absolute Gasteiger partial charge is 0.386 e. The maximum atomic E-state index is 13.8. The maximum absolute atomic E-state index is 13.8. The molecule has 0 saturated heterocycles. The van der Waals surface area contributed by atoms with Gasteiger partial charge in [-0.1, -0.05) is 13.0 Å². The molecule has 2 unspecified atom stereocenters. The van der Waals surface area contributed by atoms with Crippen molar-refractivity contribution in [2.24, 2.45) is 0 Å². The number of hydrogen-bond acceptors (Lipinski definition) is 3. The van der Waals surface area contributed by atoms with Gasteiger partial charge in [0, 0.05) is 12.4 Å². The van der Waals surface area contributed by atoms with Crippen LogP contribution >= 0.6 is 0 Å². The van der Waals surface area contributed by atoms with Crippen LogP contribution < -0.4 is 5.32 Å². The van der Waals surface area contributed by atoms with E-state index in [4.69, 9.17) is 0 Å². The molecule has 1 aromatic carbocycles. The summed E-state index contributed by atoms with van der Waals surface area (Å²) in [6.45, 7) is 1.72. The third-order valence-electron chi connectivity index (χ3n) is 3.58. The van der Waals surface area contributed by atoms with Crippen molar-refractivity contribution in [2.75, 3.05) is 0 Å². The molecule has 122 valence electrons. The first-order chi connectivity index (χ1) is 11.0. The molecule has 2 rings (SSSR count). The average Bonchev–Trinajstić information content (AvgIpc) is 2.53. The standard InChI is InChI=1S/C17H18F2N2O2/c1-2-14(17(23)16-12(18)4-3-5-13(16)19)21-15(22)10-11-6-8-20-9-7-11/h3-9,14,17,23H,2,10H2,1H3,(H,21,22). The number of halogens is 2. The normalized spacial score (nSPS) is 13.4. The van der Waals surface area contributed by atoms with Crippen LogP contribution in [0.1, 0.15) is 30.6 Å². The van der Waals surface area contributed by atoms with E-state index in [-0.39, 0.29) is 12.3 Å².